The number of amides is 1. The molecule has 0 aliphatic heterocycles. The van der Waals surface area contributed by atoms with Crippen molar-refractivity contribution in [3.05, 3.63) is 77.3 Å². The summed E-state index contributed by atoms with van der Waals surface area (Å²) in [7, 11) is 0. The van der Waals surface area contributed by atoms with E-state index < -0.39 is 5.82 Å². The van der Waals surface area contributed by atoms with Gasteiger partial charge in [0.2, 0.25) is 5.91 Å². The Morgan fingerprint density at radius 1 is 1.24 bits per heavy atom. The smallest absolute Gasteiger partial charge is 0.234 e. The number of nitrogens with zero attached hydrogens (tertiary/aromatic N) is 2. The van der Waals surface area contributed by atoms with Gasteiger partial charge in [-0.1, -0.05) is 23.7 Å². The van der Waals surface area contributed by atoms with Crippen molar-refractivity contribution in [3.8, 4) is 5.69 Å². The van der Waals surface area contributed by atoms with Gasteiger partial charge in [0, 0.05) is 23.8 Å². The van der Waals surface area contributed by atoms with E-state index in [-0.39, 0.29) is 10.9 Å². The lowest BCUT2D eigenvalue weighted by molar-refractivity contribution is -0.113. The molecular formula is C18H15ClFN3OS. The number of hydrogen-bond acceptors (Lipinski definition) is 3. The summed E-state index contributed by atoms with van der Waals surface area (Å²) in [5.41, 5.74) is 2.60. The number of hydrogen-bond donors (Lipinski definition) is 1. The quantitative estimate of drug-likeness (QED) is 0.688. The Morgan fingerprint density at radius 3 is 2.72 bits per heavy atom. The minimum Gasteiger partial charge on any atom is -0.325 e. The van der Waals surface area contributed by atoms with Gasteiger partial charge in [-0.05, 0) is 42.0 Å². The Hall–Kier alpha value is -2.31. The molecule has 0 unspecified atom stereocenters. The molecule has 0 bridgehead atoms. The van der Waals surface area contributed by atoms with E-state index in [9.17, 15) is 9.18 Å². The number of aromatic nitrogens is 2. The van der Waals surface area contributed by atoms with Crippen molar-refractivity contribution in [1.29, 1.82) is 0 Å². The van der Waals surface area contributed by atoms with Crippen molar-refractivity contribution in [2.45, 2.75) is 5.75 Å². The summed E-state index contributed by atoms with van der Waals surface area (Å²) in [6.07, 6.45) is 3.62. The highest BCUT2D eigenvalue weighted by Crippen LogP contribution is 2.20. The zero-order valence-corrected chi connectivity index (χ0v) is 14.7. The van der Waals surface area contributed by atoms with Gasteiger partial charge in [0.15, 0.2) is 0 Å². The number of benzene rings is 2. The molecule has 2 aromatic carbocycles. The van der Waals surface area contributed by atoms with Crippen LogP contribution in [0.2, 0.25) is 5.02 Å². The maximum absolute atomic E-state index is 13.1. The molecule has 3 aromatic rings. The molecule has 0 spiro atoms. The number of thioether (sulfide) groups is 1. The molecule has 1 heterocycles. The molecule has 25 heavy (non-hydrogen) atoms. The van der Waals surface area contributed by atoms with E-state index in [1.54, 1.807) is 10.9 Å². The topological polar surface area (TPSA) is 46.9 Å². The normalized spacial score (nSPS) is 10.6. The van der Waals surface area contributed by atoms with Crippen LogP contribution >= 0.6 is 23.4 Å². The van der Waals surface area contributed by atoms with Crippen LogP contribution in [-0.4, -0.2) is 21.4 Å². The minimum absolute atomic E-state index is 0.0114. The second-order valence-electron chi connectivity index (χ2n) is 5.29. The lowest BCUT2D eigenvalue weighted by Crippen LogP contribution is -2.14. The second-order valence-corrected chi connectivity index (χ2v) is 6.68. The van der Waals surface area contributed by atoms with E-state index in [0.717, 1.165) is 17.0 Å². The fourth-order valence-corrected chi connectivity index (χ4v) is 3.17. The van der Waals surface area contributed by atoms with Crippen molar-refractivity contribution in [2.24, 2.45) is 0 Å². The van der Waals surface area contributed by atoms with Crippen molar-refractivity contribution < 1.29 is 9.18 Å². The summed E-state index contributed by atoms with van der Waals surface area (Å²) in [5, 5.41) is 6.87. The average Bonchev–Trinajstić information content (AvgIpc) is 3.13. The van der Waals surface area contributed by atoms with Crippen LogP contribution < -0.4 is 5.32 Å². The SMILES string of the molecule is O=C(CSCc1ccc(-n2cccn2)cc1)Nc1ccc(F)c(Cl)c1. The third kappa shape index (κ3) is 4.84. The highest BCUT2D eigenvalue weighted by atomic mass is 35.5. The van der Waals surface area contributed by atoms with Gasteiger partial charge in [0.1, 0.15) is 5.82 Å². The molecule has 0 atom stereocenters. The molecule has 0 saturated heterocycles. The molecule has 1 aromatic heterocycles. The van der Waals surface area contributed by atoms with Crippen LogP contribution in [-0.2, 0) is 10.5 Å². The van der Waals surface area contributed by atoms with E-state index in [1.165, 1.54) is 30.0 Å². The van der Waals surface area contributed by atoms with Gasteiger partial charge >= 0.3 is 0 Å². The zero-order valence-electron chi connectivity index (χ0n) is 13.2. The van der Waals surface area contributed by atoms with Gasteiger partial charge in [-0.25, -0.2) is 9.07 Å². The molecule has 0 radical (unpaired) electrons. The summed E-state index contributed by atoms with van der Waals surface area (Å²) in [5.74, 6) is 0.362. The molecule has 7 heteroatoms. The summed E-state index contributed by atoms with van der Waals surface area (Å²) < 4.78 is 14.9. The number of carbonyl (C=O) groups is 1. The first-order chi connectivity index (χ1) is 12.1. The Balaban J connectivity index is 1.47. The Labute approximate surface area is 154 Å². The standard InChI is InChI=1S/C18H15ClFN3OS/c19-16-10-14(4-7-17(16)20)22-18(24)12-25-11-13-2-5-15(6-3-13)23-9-1-8-21-23/h1-10H,11-12H2,(H,22,24). The molecule has 128 valence electrons. The second kappa shape index (κ2) is 8.18. The molecule has 0 fully saturated rings. The van der Waals surface area contributed by atoms with Crippen LogP contribution in [0.4, 0.5) is 10.1 Å². The molecule has 1 amide bonds. The molecule has 0 saturated carbocycles. The van der Waals surface area contributed by atoms with E-state index in [1.807, 2.05) is 36.5 Å². The van der Waals surface area contributed by atoms with Crippen molar-refractivity contribution in [1.82, 2.24) is 9.78 Å². The first-order valence-corrected chi connectivity index (χ1v) is 9.07. The van der Waals surface area contributed by atoms with E-state index >= 15 is 0 Å². The van der Waals surface area contributed by atoms with Crippen LogP contribution in [0.1, 0.15) is 5.56 Å². The predicted octanol–water partition coefficient (Wildman–Crippen LogP) is 4.54. The number of halogens is 2. The number of nitrogens with one attached hydrogen (secondary N) is 1. The zero-order chi connectivity index (χ0) is 17.6. The molecule has 1 N–H and O–H groups in total. The number of rotatable bonds is 6. The summed E-state index contributed by atoms with van der Waals surface area (Å²) in [6.45, 7) is 0. The molecule has 4 nitrogen and oxygen atoms in total. The Bertz CT molecular complexity index is 853. The number of anilines is 1. The van der Waals surface area contributed by atoms with Gasteiger partial charge in [0.25, 0.3) is 0 Å². The molecular weight excluding hydrogens is 361 g/mol. The fraction of sp³-hybridized carbons (Fsp3) is 0.111. The van der Waals surface area contributed by atoms with Gasteiger partial charge in [0.05, 0.1) is 16.5 Å². The van der Waals surface area contributed by atoms with Gasteiger partial charge in [-0.3, -0.25) is 4.79 Å². The highest BCUT2D eigenvalue weighted by Gasteiger charge is 2.06. The Kier molecular flexibility index (Phi) is 5.73. The van der Waals surface area contributed by atoms with E-state index in [0.29, 0.717) is 11.4 Å². The van der Waals surface area contributed by atoms with E-state index in [4.69, 9.17) is 11.6 Å². The summed E-state index contributed by atoms with van der Waals surface area (Å²) in [4.78, 5) is 11.9. The maximum atomic E-state index is 13.1. The largest absolute Gasteiger partial charge is 0.325 e. The van der Waals surface area contributed by atoms with Crippen LogP contribution in [0.3, 0.4) is 0 Å². The summed E-state index contributed by atoms with van der Waals surface area (Å²) in [6, 6.07) is 14.0. The van der Waals surface area contributed by atoms with Crippen molar-refractivity contribution >= 4 is 35.0 Å². The molecule has 0 aliphatic rings. The first kappa shape index (κ1) is 17.5. The van der Waals surface area contributed by atoms with Crippen molar-refractivity contribution in [2.75, 3.05) is 11.1 Å². The third-order valence-corrected chi connectivity index (χ3v) is 4.70. The molecule has 3 rings (SSSR count). The van der Waals surface area contributed by atoms with Gasteiger partial charge in [-0.2, -0.15) is 5.10 Å². The highest BCUT2D eigenvalue weighted by molar-refractivity contribution is 7.99. The maximum Gasteiger partial charge on any atom is 0.234 e. The fourth-order valence-electron chi connectivity index (χ4n) is 2.20. The van der Waals surface area contributed by atoms with Gasteiger partial charge < -0.3 is 5.32 Å². The summed E-state index contributed by atoms with van der Waals surface area (Å²) >= 11 is 7.20. The lowest BCUT2D eigenvalue weighted by Gasteiger charge is -2.07. The van der Waals surface area contributed by atoms with Crippen molar-refractivity contribution in [3.63, 3.8) is 0 Å². The van der Waals surface area contributed by atoms with Crippen LogP contribution in [0.15, 0.2) is 60.9 Å². The predicted molar refractivity (Wildman–Crippen MR) is 99.8 cm³/mol. The Morgan fingerprint density at radius 2 is 2.04 bits per heavy atom. The van der Waals surface area contributed by atoms with E-state index in [2.05, 4.69) is 10.4 Å². The minimum atomic E-state index is -0.507. The average molecular weight is 376 g/mol. The van der Waals surface area contributed by atoms with Crippen LogP contribution in [0.5, 0.6) is 0 Å². The van der Waals surface area contributed by atoms with Gasteiger partial charge in [-0.15, -0.1) is 11.8 Å². The number of carbonyl (C=O) groups excluding carboxylic acids is 1. The van der Waals surface area contributed by atoms with Crippen LogP contribution in [0, 0.1) is 5.82 Å². The monoisotopic (exact) mass is 375 g/mol. The first-order valence-electron chi connectivity index (χ1n) is 7.53. The van der Waals surface area contributed by atoms with Crippen LogP contribution in [0.25, 0.3) is 5.69 Å². The molecule has 0 aliphatic carbocycles. The lowest BCUT2D eigenvalue weighted by atomic mass is 10.2. The third-order valence-electron chi connectivity index (χ3n) is 3.41.